The molecule has 4 heterocycles. The SMILES string of the molecule is Nc1ccc(Sc2cnc(N3CCC4(CCCC4)CC3)n3ncnc23)c(Cl)n1. The lowest BCUT2D eigenvalue weighted by Gasteiger charge is -2.39. The van der Waals surface area contributed by atoms with E-state index in [2.05, 4.69) is 20.0 Å². The van der Waals surface area contributed by atoms with Crippen LogP contribution in [0.15, 0.2) is 34.4 Å². The average Bonchev–Trinajstić information content (AvgIpc) is 3.35. The van der Waals surface area contributed by atoms with Crippen molar-refractivity contribution >= 4 is 40.8 Å². The molecule has 3 aromatic rings. The van der Waals surface area contributed by atoms with Gasteiger partial charge in [0.15, 0.2) is 5.65 Å². The molecule has 146 valence electrons. The molecule has 0 bridgehead atoms. The van der Waals surface area contributed by atoms with Gasteiger partial charge in [0.2, 0.25) is 5.95 Å². The van der Waals surface area contributed by atoms with E-state index in [0.717, 1.165) is 34.5 Å². The summed E-state index contributed by atoms with van der Waals surface area (Å²) in [4.78, 5) is 17.4. The molecule has 0 aromatic carbocycles. The minimum Gasteiger partial charge on any atom is -0.384 e. The predicted octanol–water partition coefficient (Wildman–Crippen LogP) is 4.07. The third-order valence-corrected chi connectivity index (χ3v) is 7.54. The topological polar surface area (TPSA) is 85.2 Å². The van der Waals surface area contributed by atoms with Crippen LogP contribution in [0, 0.1) is 5.41 Å². The number of aromatic nitrogens is 5. The molecule has 1 aliphatic carbocycles. The van der Waals surface area contributed by atoms with E-state index in [1.807, 2.05) is 16.8 Å². The van der Waals surface area contributed by atoms with Gasteiger partial charge in [-0.1, -0.05) is 36.2 Å². The summed E-state index contributed by atoms with van der Waals surface area (Å²) in [5.74, 6) is 1.27. The predicted molar refractivity (Wildman–Crippen MR) is 111 cm³/mol. The van der Waals surface area contributed by atoms with E-state index in [-0.39, 0.29) is 0 Å². The van der Waals surface area contributed by atoms with Gasteiger partial charge < -0.3 is 10.6 Å². The fourth-order valence-electron chi connectivity index (χ4n) is 4.51. The van der Waals surface area contributed by atoms with E-state index in [0.29, 0.717) is 16.4 Å². The van der Waals surface area contributed by atoms with Gasteiger partial charge in [0.1, 0.15) is 17.3 Å². The summed E-state index contributed by atoms with van der Waals surface area (Å²) in [5.41, 5.74) is 7.05. The molecule has 9 heteroatoms. The van der Waals surface area contributed by atoms with Gasteiger partial charge >= 0.3 is 0 Å². The number of rotatable bonds is 3. The minimum atomic E-state index is 0.379. The molecular weight excluding hydrogens is 394 g/mol. The summed E-state index contributed by atoms with van der Waals surface area (Å²) in [6.07, 6.45) is 11.5. The van der Waals surface area contributed by atoms with Crippen molar-refractivity contribution in [1.29, 1.82) is 0 Å². The zero-order chi connectivity index (χ0) is 19.1. The molecule has 7 nitrogen and oxygen atoms in total. The lowest BCUT2D eigenvalue weighted by molar-refractivity contribution is 0.225. The lowest BCUT2D eigenvalue weighted by atomic mass is 9.77. The van der Waals surface area contributed by atoms with E-state index in [4.69, 9.17) is 22.3 Å². The molecule has 5 rings (SSSR count). The van der Waals surface area contributed by atoms with Crippen LogP contribution in [0.4, 0.5) is 11.8 Å². The largest absolute Gasteiger partial charge is 0.384 e. The maximum absolute atomic E-state index is 6.23. The molecule has 2 N–H and O–H groups in total. The Bertz CT molecular complexity index is 1000. The number of halogens is 1. The summed E-state index contributed by atoms with van der Waals surface area (Å²) in [5, 5.41) is 4.82. The number of pyridine rings is 1. The van der Waals surface area contributed by atoms with Crippen molar-refractivity contribution in [1.82, 2.24) is 24.6 Å². The average molecular weight is 416 g/mol. The molecule has 0 atom stereocenters. The maximum Gasteiger partial charge on any atom is 0.228 e. The van der Waals surface area contributed by atoms with Crippen molar-refractivity contribution in [3.63, 3.8) is 0 Å². The molecule has 1 saturated carbocycles. The quantitative estimate of drug-likeness (QED) is 0.645. The van der Waals surface area contributed by atoms with E-state index < -0.39 is 0 Å². The van der Waals surface area contributed by atoms with Crippen molar-refractivity contribution in [2.75, 3.05) is 23.7 Å². The molecule has 28 heavy (non-hydrogen) atoms. The molecule has 3 aromatic heterocycles. The highest BCUT2D eigenvalue weighted by atomic mass is 35.5. The molecule has 0 unspecified atom stereocenters. The Balaban J connectivity index is 1.42. The fraction of sp³-hybridized carbons (Fsp3) is 0.474. The maximum atomic E-state index is 6.23. The molecule has 1 aliphatic heterocycles. The Morgan fingerprint density at radius 1 is 1.04 bits per heavy atom. The van der Waals surface area contributed by atoms with E-state index in [1.165, 1.54) is 50.3 Å². The van der Waals surface area contributed by atoms with Crippen LogP contribution in [-0.2, 0) is 0 Å². The van der Waals surface area contributed by atoms with Crippen LogP contribution in [0.1, 0.15) is 38.5 Å². The van der Waals surface area contributed by atoms with Crippen molar-refractivity contribution in [3.05, 3.63) is 29.8 Å². The Morgan fingerprint density at radius 3 is 2.57 bits per heavy atom. The van der Waals surface area contributed by atoms with Gasteiger partial charge in [-0.15, -0.1) is 0 Å². The van der Waals surface area contributed by atoms with E-state index in [9.17, 15) is 0 Å². The first-order chi connectivity index (χ1) is 13.6. The summed E-state index contributed by atoms with van der Waals surface area (Å²) >= 11 is 7.71. The van der Waals surface area contributed by atoms with Crippen LogP contribution in [0.5, 0.6) is 0 Å². The number of anilines is 2. The van der Waals surface area contributed by atoms with Crippen molar-refractivity contribution in [2.45, 2.75) is 48.3 Å². The molecule has 0 radical (unpaired) electrons. The molecule has 2 aliphatic rings. The number of hydrogen-bond acceptors (Lipinski definition) is 7. The zero-order valence-corrected chi connectivity index (χ0v) is 17.1. The Morgan fingerprint density at radius 2 is 1.82 bits per heavy atom. The van der Waals surface area contributed by atoms with E-state index in [1.54, 1.807) is 12.4 Å². The third kappa shape index (κ3) is 3.18. The summed E-state index contributed by atoms with van der Waals surface area (Å²) in [6.45, 7) is 2.06. The Labute approximate surface area is 172 Å². The summed E-state index contributed by atoms with van der Waals surface area (Å²) in [6, 6.07) is 3.60. The van der Waals surface area contributed by atoms with Crippen molar-refractivity contribution in [3.8, 4) is 0 Å². The van der Waals surface area contributed by atoms with Gasteiger partial charge in [0, 0.05) is 24.2 Å². The van der Waals surface area contributed by atoms with Crippen LogP contribution >= 0.6 is 23.4 Å². The fourth-order valence-corrected chi connectivity index (χ4v) is 5.62. The highest BCUT2D eigenvalue weighted by Gasteiger charge is 2.37. The van der Waals surface area contributed by atoms with E-state index >= 15 is 0 Å². The Hall–Kier alpha value is -2.06. The standard InChI is InChI=1S/C19H22ClN7S/c20-16-13(3-4-15(21)25-16)28-14-11-22-18(27-17(14)23-12-24-27)26-9-7-19(8-10-26)5-1-2-6-19/h3-4,11-12H,1-2,5-10H2,(H2,21,25). The monoisotopic (exact) mass is 415 g/mol. The first kappa shape index (κ1) is 18.0. The minimum absolute atomic E-state index is 0.379. The normalized spacial score (nSPS) is 19.0. The highest BCUT2D eigenvalue weighted by molar-refractivity contribution is 7.99. The highest BCUT2D eigenvalue weighted by Crippen LogP contribution is 2.46. The molecule has 1 spiro atoms. The van der Waals surface area contributed by atoms with Gasteiger partial charge in [-0.2, -0.15) is 9.61 Å². The number of nitrogens with two attached hydrogens (primary N) is 1. The van der Waals surface area contributed by atoms with Crippen LogP contribution in [0.2, 0.25) is 5.15 Å². The van der Waals surface area contributed by atoms with Crippen molar-refractivity contribution in [2.24, 2.45) is 5.41 Å². The Kier molecular flexibility index (Phi) is 4.55. The van der Waals surface area contributed by atoms with Gasteiger partial charge in [0.25, 0.3) is 0 Å². The first-order valence-corrected chi connectivity index (χ1v) is 10.9. The van der Waals surface area contributed by atoms with Crippen molar-refractivity contribution < 1.29 is 0 Å². The third-order valence-electron chi connectivity index (χ3n) is 6.08. The van der Waals surface area contributed by atoms with Crippen LogP contribution in [0.3, 0.4) is 0 Å². The van der Waals surface area contributed by atoms with Crippen LogP contribution < -0.4 is 10.6 Å². The first-order valence-electron chi connectivity index (χ1n) is 9.67. The molecule has 2 fully saturated rings. The second-order valence-electron chi connectivity index (χ2n) is 7.74. The van der Waals surface area contributed by atoms with Gasteiger partial charge in [-0.05, 0) is 43.2 Å². The molecule has 1 saturated heterocycles. The number of nitrogens with zero attached hydrogens (tertiary/aromatic N) is 6. The second kappa shape index (κ2) is 7.08. The number of hydrogen-bond donors (Lipinski definition) is 1. The zero-order valence-electron chi connectivity index (χ0n) is 15.5. The summed E-state index contributed by atoms with van der Waals surface area (Å²) in [7, 11) is 0. The number of piperidine rings is 1. The molecular formula is C19H22ClN7S. The van der Waals surface area contributed by atoms with Gasteiger partial charge in [-0.3, -0.25) is 0 Å². The number of fused-ring (bicyclic) bond motifs is 1. The van der Waals surface area contributed by atoms with Gasteiger partial charge in [0.05, 0.1) is 4.90 Å². The molecule has 0 amide bonds. The second-order valence-corrected chi connectivity index (χ2v) is 9.18. The smallest absolute Gasteiger partial charge is 0.228 e. The lowest BCUT2D eigenvalue weighted by Crippen LogP contribution is -2.40. The number of nitrogen functional groups attached to an aromatic ring is 1. The van der Waals surface area contributed by atoms with Crippen LogP contribution in [0.25, 0.3) is 5.65 Å². The summed E-state index contributed by atoms with van der Waals surface area (Å²) < 4.78 is 1.84. The van der Waals surface area contributed by atoms with Gasteiger partial charge in [-0.25, -0.2) is 15.0 Å². The van der Waals surface area contributed by atoms with Crippen LogP contribution in [-0.4, -0.2) is 37.7 Å².